The fourth-order valence-corrected chi connectivity index (χ4v) is 8.35. The Balaban J connectivity index is 1.81. The van der Waals surface area contributed by atoms with Gasteiger partial charge in [-0.25, -0.2) is 0 Å². The summed E-state index contributed by atoms with van der Waals surface area (Å²) in [5, 5.41) is 1.72. The van der Waals surface area contributed by atoms with Gasteiger partial charge in [0, 0.05) is 0 Å². The van der Waals surface area contributed by atoms with Gasteiger partial charge in [-0.2, -0.15) is 0 Å². The van der Waals surface area contributed by atoms with Gasteiger partial charge in [-0.1, -0.05) is 82.9 Å². The molecule has 2 aliphatic rings. The molecule has 22 heavy (non-hydrogen) atoms. The van der Waals surface area contributed by atoms with Crippen LogP contribution < -0.4 is 0 Å². The van der Waals surface area contributed by atoms with Crippen LogP contribution in [0.2, 0.25) is 0 Å². The molecule has 0 nitrogen and oxygen atoms in total. The minimum absolute atomic E-state index is 0.0792. The van der Waals surface area contributed by atoms with E-state index < -0.39 is 0 Å². The fraction of sp³-hybridized carbons (Fsp3) is 0.619. The second-order valence-corrected chi connectivity index (χ2v) is 10.2. The van der Waals surface area contributed by atoms with Crippen molar-refractivity contribution in [2.45, 2.75) is 82.4 Å². The van der Waals surface area contributed by atoms with E-state index in [9.17, 15) is 0 Å². The first-order valence-corrected chi connectivity index (χ1v) is 10.8. The van der Waals surface area contributed by atoms with E-state index in [-0.39, 0.29) is 7.92 Å². The summed E-state index contributed by atoms with van der Waals surface area (Å²) in [4.78, 5) is 0. The Labute approximate surface area is 138 Å². The van der Waals surface area contributed by atoms with Crippen LogP contribution in [0.15, 0.2) is 35.6 Å². The number of rotatable bonds is 4. The lowest BCUT2D eigenvalue weighted by atomic mass is 9.99. The van der Waals surface area contributed by atoms with Gasteiger partial charge in [-0.3, -0.25) is 0 Å². The zero-order valence-corrected chi connectivity index (χ0v) is 15.0. The predicted octanol–water partition coefficient (Wildman–Crippen LogP) is 7.19. The summed E-state index contributed by atoms with van der Waals surface area (Å²) >= 11 is 0. The van der Waals surface area contributed by atoms with Gasteiger partial charge in [-0.15, -0.1) is 0 Å². The molecule has 3 rings (SSSR count). The molecule has 0 unspecified atom stereocenters. The van der Waals surface area contributed by atoms with Crippen LogP contribution in [0.3, 0.4) is 0 Å². The molecule has 2 aliphatic carbocycles. The van der Waals surface area contributed by atoms with Crippen molar-refractivity contribution in [1.82, 2.24) is 0 Å². The summed E-state index contributed by atoms with van der Waals surface area (Å²) in [6.45, 7) is 2.45. The van der Waals surface area contributed by atoms with E-state index >= 15 is 0 Å². The van der Waals surface area contributed by atoms with E-state index in [1.807, 2.05) is 0 Å². The van der Waals surface area contributed by atoms with Crippen molar-refractivity contribution < 1.29 is 0 Å². The maximum absolute atomic E-state index is 2.51. The lowest BCUT2D eigenvalue weighted by Crippen LogP contribution is -2.20. The third-order valence-electron chi connectivity index (χ3n) is 5.52. The van der Waals surface area contributed by atoms with E-state index in [1.165, 1.54) is 69.8 Å². The van der Waals surface area contributed by atoms with Crippen LogP contribution in [0.1, 0.15) is 76.7 Å². The van der Waals surface area contributed by atoms with Gasteiger partial charge in [0.2, 0.25) is 0 Å². The third-order valence-corrected chi connectivity index (χ3v) is 9.07. The van der Waals surface area contributed by atoms with Crippen LogP contribution in [-0.2, 0) is 0 Å². The molecule has 2 saturated carbocycles. The molecular weight excluding hydrogens is 283 g/mol. The smallest absolute Gasteiger partial charge is 0.0170 e. The molecule has 0 saturated heterocycles. The monoisotopic (exact) mass is 314 g/mol. The van der Waals surface area contributed by atoms with Crippen LogP contribution in [0, 0.1) is 0 Å². The molecule has 0 N–H and O–H groups in total. The molecule has 1 aromatic carbocycles. The summed E-state index contributed by atoms with van der Waals surface area (Å²) < 4.78 is 0. The first kappa shape index (κ1) is 16.3. The van der Waals surface area contributed by atoms with E-state index in [2.05, 4.69) is 43.3 Å². The molecule has 0 bridgehead atoms. The molecular formula is C21H31P. The standard InChI is InChI=1S/C21H31P/c1-18(17-19-11-5-2-6-12-19)22(20-13-7-3-8-14-20)21-15-9-4-10-16-21/h2,5-6,11-12,17,20-21H,3-4,7-10,13-16H2,1H3. The third kappa shape index (κ3) is 4.23. The van der Waals surface area contributed by atoms with Crippen molar-refractivity contribution in [3.8, 4) is 0 Å². The topological polar surface area (TPSA) is 0 Å². The van der Waals surface area contributed by atoms with Gasteiger partial charge in [0.25, 0.3) is 0 Å². The molecule has 1 heteroatoms. The summed E-state index contributed by atoms with van der Waals surface area (Å²) in [6, 6.07) is 11.0. The van der Waals surface area contributed by atoms with Gasteiger partial charge in [0.1, 0.15) is 0 Å². The van der Waals surface area contributed by atoms with Crippen LogP contribution in [0.4, 0.5) is 0 Å². The van der Waals surface area contributed by atoms with Gasteiger partial charge in [0.15, 0.2) is 0 Å². The second-order valence-electron chi connectivity index (χ2n) is 7.19. The molecule has 0 spiro atoms. The normalized spacial score (nSPS) is 22.2. The van der Waals surface area contributed by atoms with E-state index in [1.54, 1.807) is 5.31 Å². The van der Waals surface area contributed by atoms with Crippen LogP contribution in [-0.4, -0.2) is 11.3 Å². The molecule has 0 atom stereocenters. The molecule has 0 aliphatic heterocycles. The average Bonchev–Trinajstić information content (AvgIpc) is 2.58. The zero-order valence-electron chi connectivity index (χ0n) is 14.1. The second kappa shape index (κ2) is 8.30. The van der Waals surface area contributed by atoms with Gasteiger partial charge in [0.05, 0.1) is 0 Å². The molecule has 120 valence electrons. The van der Waals surface area contributed by atoms with E-state index in [0.29, 0.717) is 0 Å². The number of hydrogen-bond donors (Lipinski definition) is 0. The van der Waals surface area contributed by atoms with Crippen LogP contribution >= 0.6 is 7.92 Å². The van der Waals surface area contributed by atoms with Crippen molar-refractivity contribution in [3.05, 3.63) is 41.2 Å². The lowest BCUT2D eigenvalue weighted by molar-refractivity contribution is 0.486. The van der Waals surface area contributed by atoms with E-state index in [0.717, 1.165) is 11.3 Å². The van der Waals surface area contributed by atoms with Crippen LogP contribution in [0.25, 0.3) is 6.08 Å². The summed E-state index contributed by atoms with van der Waals surface area (Å²) in [6.07, 6.45) is 17.4. The van der Waals surface area contributed by atoms with Crippen molar-refractivity contribution >= 4 is 14.0 Å². The zero-order chi connectivity index (χ0) is 15.2. The highest BCUT2D eigenvalue weighted by Gasteiger charge is 2.31. The summed E-state index contributed by atoms with van der Waals surface area (Å²) in [5.74, 6) is 0. The summed E-state index contributed by atoms with van der Waals surface area (Å²) in [5.41, 5.74) is 3.44. The number of benzene rings is 1. The Bertz CT molecular complexity index is 446. The molecule has 0 heterocycles. The maximum atomic E-state index is 2.51. The summed E-state index contributed by atoms with van der Waals surface area (Å²) in [7, 11) is 0.0792. The highest BCUT2D eigenvalue weighted by atomic mass is 31.1. The molecule has 0 radical (unpaired) electrons. The molecule has 2 fully saturated rings. The SMILES string of the molecule is CC(=Cc1ccccc1)P(C1CCCCC1)C1CCCCC1. The fourth-order valence-electron chi connectivity index (χ4n) is 4.46. The predicted molar refractivity (Wildman–Crippen MR) is 101 cm³/mol. The Hall–Kier alpha value is -0.610. The minimum atomic E-state index is 0.0792. The van der Waals surface area contributed by atoms with Crippen molar-refractivity contribution in [2.75, 3.05) is 0 Å². The number of hydrogen-bond acceptors (Lipinski definition) is 0. The van der Waals surface area contributed by atoms with Crippen molar-refractivity contribution in [2.24, 2.45) is 0 Å². The quantitative estimate of drug-likeness (QED) is 0.516. The van der Waals surface area contributed by atoms with Crippen molar-refractivity contribution in [1.29, 1.82) is 0 Å². The Morgan fingerprint density at radius 3 is 1.82 bits per heavy atom. The lowest BCUT2D eigenvalue weighted by Gasteiger charge is -2.39. The van der Waals surface area contributed by atoms with E-state index in [4.69, 9.17) is 0 Å². The largest absolute Gasteiger partial charge is 0.0737 e. The maximum Gasteiger partial charge on any atom is -0.0170 e. The average molecular weight is 314 g/mol. The number of allylic oxidation sites excluding steroid dienone is 1. The highest BCUT2D eigenvalue weighted by Crippen LogP contribution is 2.61. The molecule has 0 amide bonds. The first-order valence-electron chi connectivity index (χ1n) is 9.36. The molecule has 0 aromatic heterocycles. The van der Waals surface area contributed by atoms with Gasteiger partial charge >= 0.3 is 0 Å². The Kier molecular flexibility index (Phi) is 6.13. The first-order chi connectivity index (χ1) is 10.8. The van der Waals surface area contributed by atoms with Crippen molar-refractivity contribution in [3.63, 3.8) is 0 Å². The Morgan fingerprint density at radius 1 is 0.818 bits per heavy atom. The molecule has 1 aromatic rings. The Morgan fingerprint density at radius 2 is 1.32 bits per heavy atom. The highest BCUT2D eigenvalue weighted by molar-refractivity contribution is 7.63. The minimum Gasteiger partial charge on any atom is -0.0737 e. The van der Waals surface area contributed by atoms with Gasteiger partial charge < -0.3 is 0 Å². The van der Waals surface area contributed by atoms with Gasteiger partial charge in [-0.05, 0) is 54.8 Å². The van der Waals surface area contributed by atoms with Crippen LogP contribution in [0.5, 0.6) is 0 Å².